The summed E-state index contributed by atoms with van der Waals surface area (Å²) in [6.07, 6.45) is 5.32. The quantitative estimate of drug-likeness (QED) is 0.657. The van der Waals surface area contributed by atoms with E-state index >= 15 is 0 Å². The molecule has 2 atom stereocenters. The zero-order valence-electron chi connectivity index (χ0n) is 10.0. The first kappa shape index (κ1) is 13.0. The van der Waals surface area contributed by atoms with Crippen LogP contribution in [-0.4, -0.2) is 22.5 Å². The van der Waals surface area contributed by atoms with Crippen molar-refractivity contribution in [1.82, 2.24) is 15.2 Å². The lowest BCUT2D eigenvalue weighted by atomic mass is 10.00. The molecule has 1 aromatic rings. The second-order valence-corrected chi connectivity index (χ2v) is 5.10. The molecule has 0 aromatic carbocycles. The van der Waals surface area contributed by atoms with Gasteiger partial charge in [-0.1, -0.05) is 0 Å². The number of hydrogen-bond acceptors (Lipinski definition) is 4. The zero-order chi connectivity index (χ0) is 12.3. The second kappa shape index (κ2) is 5.95. The van der Waals surface area contributed by atoms with Crippen molar-refractivity contribution in [2.24, 2.45) is 5.84 Å². The molecule has 0 spiro atoms. The van der Waals surface area contributed by atoms with Gasteiger partial charge in [-0.05, 0) is 42.1 Å². The standard InChI is InChI=1S/C11H19BrN4O/c1-2-16-11(8(12)7-14-16)10(15-13)9-5-3-4-6-17-9/h7,9-10,15H,2-6,13H2,1H3. The third-order valence-electron chi connectivity index (χ3n) is 3.19. The molecule has 2 unspecified atom stereocenters. The highest BCUT2D eigenvalue weighted by Crippen LogP contribution is 2.30. The van der Waals surface area contributed by atoms with E-state index in [1.165, 1.54) is 6.42 Å². The Morgan fingerprint density at radius 3 is 3.12 bits per heavy atom. The second-order valence-electron chi connectivity index (χ2n) is 4.24. The molecule has 1 aliphatic rings. The van der Waals surface area contributed by atoms with Crippen LogP contribution in [0.25, 0.3) is 0 Å². The van der Waals surface area contributed by atoms with Gasteiger partial charge < -0.3 is 4.74 Å². The van der Waals surface area contributed by atoms with Crippen molar-refractivity contribution in [2.45, 2.75) is 44.9 Å². The van der Waals surface area contributed by atoms with Gasteiger partial charge in [-0.15, -0.1) is 0 Å². The third kappa shape index (κ3) is 2.70. The van der Waals surface area contributed by atoms with Gasteiger partial charge in [-0.25, -0.2) is 5.43 Å². The molecule has 0 amide bonds. The summed E-state index contributed by atoms with van der Waals surface area (Å²) in [6.45, 7) is 3.71. The molecule has 1 aliphatic heterocycles. The van der Waals surface area contributed by atoms with E-state index in [9.17, 15) is 0 Å². The summed E-state index contributed by atoms with van der Waals surface area (Å²) < 4.78 is 8.74. The van der Waals surface area contributed by atoms with Crippen molar-refractivity contribution in [3.63, 3.8) is 0 Å². The number of nitrogens with two attached hydrogens (primary N) is 1. The largest absolute Gasteiger partial charge is 0.376 e. The lowest BCUT2D eigenvalue weighted by Gasteiger charge is -2.30. The van der Waals surface area contributed by atoms with Gasteiger partial charge in [0.1, 0.15) is 0 Å². The molecule has 2 rings (SSSR count). The van der Waals surface area contributed by atoms with E-state index in [1.807, 2.05) is 10.9 Å². The van der Waals surface area contributed by atoms with Crippen LogP contribution in [0.3, 0.4) is 0 Å². The Kier molecular flexibility index (Phi) is 4.55. The number of hydrogen-bond donors (Lipinski definition) is 2. The molecule has 0 radical (unpaired) electrons. The topological polar surface area (TPSA) is 65.1 Å². The minimum Gasteiger partial charge on any atom is -0.376 e. The van der Waals surface area contributed by atoms with Crippen molar-refractivity contribution in [3.05, 3.63) is 16.4 Å². The number of halogens is 1. The lowest BCUT2D eigenvalue weighted by Crippen LogP contribution is -2.41. The molecule has 96 valence electrons. The molecule has 0 saturated carbocycles. The summed E-state index contributed by atoms with van der Waals surface area (Å²) in [6, 6.07) is -0.00729. The summed E-state index contributed by atoms with van der Waals surface area (Å²) in [5.41, 5.74) is 3.95. The monoisotopic (exact) mass is 302 g/mol. The summed E-state index contributed by atoms with van der Waals surface area (Å²) >= 11 is 3.53. The van der Waals surface area contributed by atoms with Gasteiger partial charge in [0, 0.05) is 13.2 Å². The molecule has 1 aromatic heterocycles. The minimum atomic E-state index is -0.00729. The van der Waals surface area contributed by atoms with Crippen LogP contribution in [0.4, 0.5) is 0 Å². The van der Waals surface area contributed by atoms with Crippen molar-refractivity contribution in [1.29, 1.82) is 0 Å². The van der Waals surface area contributed by atoms with Gasteiger partial charge in [-0.2, -0.15) is 5.10 Å². The van der Waals surface area contributed by atoms with E-state index < -0.39 is 0 Å². The van der Waals surface area contributed by atoms with E-state index in [0.717, 1.165) is 36.2 Å². The zero-order valence-corrected chi connectivity index (χ0v) is 11.6. The van der Waals surface area contributed by atoms with Crippen molar-refractivity contribution in [3.8, 4) is 0 Å². The summed E-state index contributed by atoms with van der Waals surface area (Å²) in [4.78, 5) is 0. The molecule has 5 nitrogen and oxygen atoms in total. The number of hydrazine groups is 1. The number of aryl methyl sites for hydroxylation is 1. The molecule has 3 N–H and O–H groups in total. The van der Waals surface area contributed by atoms with Crippen LogP contribution in [0.1, 0.15) is 37.9 Å². The molecular formula is C11H19BrN4O. The molecule has 0 aliphatic carbocycles. The van der Waals surface area contributed by atoms with Crippen molar-refractivity contribution < 1.29 is 4.74 Å². The molecule has 1 saturated heterocycles. The third-order valence-corrected chi connectivity index (χ3v) is 3.80. The maximum atomic E-state index is 5.80. The average Bonchev–Trinajstić information content (AvgIpc) is 2.74. The first-order valence-electron chi connectivity index (χ1n) is 6.06. The molecule has 2 heterocycles. The number of ether oxygens (including phenoxy) is 1. The van der Waals surface area contributed by atoms with Crippen molar-refractivity contribution in [2.75, 3.05) is 6.61 Å². The minimum absolute atomic E-state index is 0.00729. The van der Waals surface area contributed by atoms with Crippen LogP contribution in [-0.2, 0) is 11.3 Å². The Bertz CT molecular complexity index is 362. The smallest absolute Gasteiger partial charge is 0.0901 e. The number of aromatic nitrogens is 2. The Morgan fingerprint density at radius 2 is 2.53 bits per heavy atom. The van der Waals surface area contributed by atoms with Crippen LogP contribution < -0.4 is 11.3 Å². The SMILES string of the molecule is CCn1ncc(Br)c1C(NN)C1CCCCO1. The number of rotatable bonds is 4. The highest BCUT2D eigenvalue weighted by atomic mass is 79.9. The van der Waals surface area contributed by atoms with Crippen LogP contribution in [0.2, 0.25) is 0 Å². The van der Waals surface area contributed by atoms with Gasteiger partial charge in [0.25, 0.3) is 0 Å². The molecule has 0 bridgehead atoms. The van der Waals surface area contributed by atoms with Crippen LogP contribution in [0, 0.1) is 0 Å². The first-order chi connectivity index (χ1) is 8.27. The Hall–Kier alpha value is -0.430. The normalized spacial score (nSPS) is 22.6. The van der Waals surface area contributed by atoms with E-state index in [1.54, 1.807) is 0 Å². The summed E-state index contributed by atoms with van der Waals surface area (Å²) in [5, 5.41) is 4.32. The maximum absolute atomic E-state index is 5.80. The van der Waals surface area contributed by atoms with E-state index in [0.29, 0.717) is 0 Å². The summed E-state index contributed by atoms with van der Waals surface area (Å²) in [7, 11) is 0. The van der Waals surface area contributed by atoms with Gasteiger partial charge in [-0.3, -0.25) is 10.5 Å². The van der Waals surface area contributed by atoms with Gasteiger partial charge in [0.05, 0.1) is 28.5 Å². The molecule has 17 heavy (non-hydrogen) atoms. The Balaban J connectivity index is 2.23. The summed E-state index contributed by atoms with van der Waals surface area (Å²) in [5.74, 6) is 5.70. The highest BCUT2D eigenvalue weighted by Gasteiger charge is 2.29. The Labute approximate surface area is 110 Å². The van der Waals surface area contributed by atoms with Crippen LogP contribution in [0.15, 0.2) is 10.7 Å². The van der Waals surface area contributed by atoms with Gasteiger partial charge in [0.2, 0.25) is 0 Å². The van der Waals surface area contributed by atoms with E-state index in [-0.39, 0.29) is 12.1 Å². The van der Waals surface area contributed by atoms with Crippen LogP contribution >= 0.6 is 15.9 Å². The Morgan fingerprint density at radius 1 is 1.71 bits per heavy atom. The fourth-order valence-electron chi connectivity index (χ4n) is 2.32. The predicted molar refractivity (Wildman–Crippen MR) is 69.3 cm³/mol. The number of nitrogens with one attached hydrogen (secondary N) is 1. The average molecular weight is 303 g/mol. The van der Waals surface area contributed by atoms with Crippen molar-refractivity contribution >= 4 is 15.9 Å². The van der Waals surface area contributed by atoms with Gasteiger partial charge >= 0.3 is 0 Å². The van der Waals surface area contributed by atoms with Crippen LogP contribution in [0.5, 0.6) is 0 Å². The first-order valence-corrected chi connectivity index (χ1v) is 6.86. The lowest BCUT2D eigenvalue weighted by molar-refractivity contribution is -0.0102. The molecule has 6 heteroatoms. The molecule has 1 fully saturated rings. The van der Waals surface area contributed by atoms with E-state index in [2.05, 4.69) is 33.4 Å². The van der Waals surface area contributed by atoms with E-state index in [4.69, 9.17) is 10.6 Å². The fraction of sp³-hybridized carbons (Fsp3) is 0.727. The maximum Gasteiger partial charge on any atom is 0.0901 e. The molecular weight excluding hydrogens is 284 g/mol. The highest BCUT2D eigenvalue weighted by molar-refractivity contribution is 9.10. The van der Waals surface area contributed by atoms with Gasteiger partial charge in [0.15, 0.2) is 0 Å². The predicted octanol–water partition coefficient (Wildman–Crippen LogP) is 1.74. The number of nitrogens with zero attached hydrogens (tertiary/aromatic N) is 2. The fourth-order valence-corrected chi connectivity index (χ4v) is 2.87.